The van der Waals surface area contributed by atoms with Crippen molar-refractivity contribution in [3.05, 3.63) is 62.8 Å². The summed E-state index contributed by atoms with van der Waals surface area (Å²) in [5.41, 5.74) is 0.936. The summed E-state index contributed by atoms with van der Waals surface area (Å²) in [4.78, 5) is 14.1. The van der Waals surface area contributed by atoms with Crippen LogP contribution in [-0.4, -0.2) is 5.78 Å². The summed E-state index contributed by atoms with van der Waals surface area (Å²) < 4.78 is 0. The first-order valence-electron chi connectivity index (χ1n) is 6.25. The first-order valence-corrected chi connectivity index (χ1v) is 7.45. The maximum Gasteiger partial charge on any atom is 0.195 e. The van der Waals surface area contributed by atoms with Gasteiger partial charge in [-0.15, -0.1) is 11.3 Å². The van der Waals surface area contributed by atoms with Gasteiger partial charge in [0.05, 0.1) is 4.88 Å². The van der Waals surface area contributed by atoms with Crippen molar-refractivity contribution in [1.29, 1.82) is 0 Å². The molecule has 0 aliphatic heterocycles. The molecule has 0 aliphatic carbocycles. The van der Waals surface area contributed by atoms with Gasteiger partial charge in [-0.25, -0.2) is 0 Å². The van der Waals surface area contributed by atoms with Crippen LogP contribution in [0.1, 0.15) is 33.5 Å². The van der Waals surface area contributed by atoms with Crippen LogP contribution in [0.2, 0.25) is 5.02 Å². The molecule has 0 spiro atoms. The Bertz CT molecular complexity index is 598. The van der Waals surface area contributed by atoms with Gasteiger partial charge in [0.1, 0.15) is 0 Å². The highest BCUT2D eigenvalue weighted by atomic mass is 35.5. The summed E-state index contributed by atoms with van der Waals surface area (Å²) in [5, 5.41) is 0.677. The van der Waals surface area contributed by atoms with E-state index in [1.165, 1.54) is 4.88 Å². The molecule has 0 unspecified atom stereocenters. The van der Waals surface area contributed by atoms with Gasteiger partial charge in [0.2, 0.25) is 0 Å². The quantitative estimate of drug-likeness (QED) is 0.543. The normalized spacial score (nSPS) is 11.1. The standard InChI is InChI=1S/C16H15ClOS/c1-2-4-14-8-10-16(19-14)15(18)9-7-12-5-3-6-13(17)11-12/h3,5-11H,2,4H2,1H3/b9-7+. The maximum atomic E-state index is 12.0. The first-order chi connectivity index (χ1) is 9.19. The van der Waals surface area contributed by atoms with Crippen molar-refractivity contribution in [2.45, 2.75) is 19.8 Å². The number of benzene rings is 1. The van der Waals surface area contributed by atoms with Crippen molar-refractivity contribution in [1.82, 2.24) is 0 Å². The number of halogens is 1. The molecule has 1 nitrogen and oxygen atoms in total. The summed E-state index contributed by atoms with van der Waals surface area (Å²) >= 11 is 7.48. The van der Waals surface area contributed by atoms with Gasteiger partial charge >= 0.3 is 0 Å². The predicted molar refractivity (Wildman–Crippen MR) is 83.1 cm³/mol. The molecule has 1 aromatic heterocycles. The number of rotatable bonds is 5. The van der Waals surface area contributed by atoms with Gasteiger partial charge in [-0.2, -0.15) is 0 Å². The number of carbonyl (C=O) groups excluding carboxylic acids is 1. The summed E-state index contributed by atoms with van der Waals surface area (Å²) in [6.45, 7) is 2.14. The number of allylic oxidation sites excluding steroid dienone is 1. The van der Waals surface area contributed by atoms with Gasteiger partial charge in [-0.05, 0) is 42.3 Å². The van der Waals surface area contributed by atoms with Crippen molar-refractivity contribution >= 4 is 34.8 Å². The number of hydrogen-bond acceptors (Lipinski definition) is 2. The lowest BCUT2D eigenvalue weighted by Gasteiger charge is -1.94. The molecule has 0 atom stereocenters. The molecule has 0 saturated heterocycles. The lowest BCUT2D eigenvalue weighted by Crippen LogP contribution is -1.88. The van der Waals surface area contributed by atoms with Crippen LogP contribution in [0.15, 0.2) is 42.5 Å². The van der Waals surface area contributed by atoms with E-state index in [1.54, 1.807) is 23.5 Å². The van der Waals surface area contributed by atoms with Gasteiger partial charge in [-0.1, -0.05) is 43.2 Å². The van der Waals surface area contributed by atoms with E-state index in [0.717, 1.165) is 23.3 Å². The van der Waals surface area contributed by atoms with E-state index in [1.807, 2.05) is 36.4 Å². The molecule has 0 radical (unpaired) electrons. The molecule has 0 saturated carbocycles. The van der Waals surface area contributed by atoms with E-state index < -0.39 is 0 Å². The smallest absolute Gasteiger partial charge is 0.195 e. The van der Waals surface area contributed by atoms with E-state index in [4.69, 9.17) is 11.6 Å². The van der Waals surface area contributed by atoms with Gasteiger partial charge in [0.25, 0.3) is 0 Å². The number of hydrogen-bond donors (Lipinski definition) is 0. The Labute approximate surface area is 122 Å². The van der Waals surface area contributed by atoms with Crippen molar-refractivity contribution in [3.63, 3.8) is 0 Å². The summed E-state index contributed by atoms with van der Waals surface area (Å²) in [7, 11) is 0. The molecule has 3 heteroatoms. The Hall–Kier alpha value is -1.38. The molecule has 1 aromatic carbocycles. The average Bonchev–Trinajstić information content (AvgIpc) is 2.85. The minimum atomic E-state index is 0.0485. The van der Waals surface area contributed by atoms with Crippen LogP contribution >= 0.6 is 22.9 Å². The van der Waals surface area contributed by atoms with Gasteiger partial charge in [0, 0.05) is 9.90 Å². The van der Waals surface area contributed by atoms with Crippen LogP contribution < -0.4 is 0 Å². The number of thiophene rings is 1. The number of carbonyl (C=O) groups is 1. The highest BCUT2D eigenvalue weighted by molar-refractivity contribution is 7.14. The molecule has 0 aliphatic rings. The molecule has 19 heavy (non-hydrogen) atoms. The molecular formula is C16H15ClOS. The Morgan fingerprint density at radius 2 is 2.16 bits per heavy atom. The largest absolute Gasteiger partial charge is 0.288 e. The second-order valence-electron chi connectivity index (χ2n) is 4.27. The fourth-order valence-electron chi connectivity index (χ4n) is 1.76. The zero-order valence-corrected chi connectivity index (χ0v) is 12.3. The Balaban J connectivity index is 2.07. The summed E-state index contributed by atoms with van der Waals surface area (Å²) in [5.74, 6) is 0.0485. The SMILES string of the molecule is CCCc1ccc(C(=O)/C=C/c2cccc(Cl)c2)s1. The Kier molecular flexibility index (Phi) is 4.94. The molecule has 0 N–H and O–H groups in total. The zero-order valence-electron chi connectivity index (χ0n) is 10.7. The lowest BCUT2D eigenvalue weighted by atomic mass is 10.2. The van der Waals surface area contributed by atoms with Gasteiger partial charge in [0.15, 0.2) is 5.78 Å². The molecule has 0 fully saturated rings. The third-order valence-corrected chi connectivity index (χ3v) is 4.07. The van der Waals surface area contributed by atoms with Gasteiger partial charge in [-0.3, -0.25) is 4.79 Å². The van der Waals surface area contributed by atoms with E-state index in [0.29, 0.717) is 5.02 Å². The van der Waals surface area contributed by atoms with Crippen molar-refractivity contribution in [2.75, 3.05) is 0 Å². The molecule has 98 valence electrons. The van der Waals surface area contributed by atoms with Gasteiger partial charge < -0.3 is 0 Å². The van der Waals surface area contributed by atoms with Crippen molar-refractivity contribution in [3.8, 4) is 0 Å². The fraction of sp³-hybridized carbons (Fsp3) is 0.188. The molecule has 2 rings (SSSR count). The summed E-state index contributed by atoms with van der Waals surface area (Å²) in [6, 6.07) is 11.4. The lowest BCUT2D eigenvalue weighted by molar-refractivity contribution is 0.105. The summed E-state index contributed by atoms with van der Waals surface area (Å²) in [6.07, 6.45) is 5.54. The van der Waals surface area contributed by atoms with E-state index >= 15 is 0 Å². The van der Waals surface area contributed by atoms with E-state index in [2.05, 4.69) is 6.92 Å². The van der Waals surface area contributed by atoms with E-state index in [-0.39, 0.29) is 5.78 Å². The van der Waals surface area contributed by atoms with E-state index in [9.17, 15) is 4.79 Å². The molecule has 0 bridgehead atoms. The highest BCUT2D eigenvalue weighted by Gasteiger charge is 2.05. The minimum absolute atomic E-state index is 0.0485. The fourth-order valence-corrected chi connectivity index (χ4v) is 2.98. The van der Waals surface area contributed by atoms with Crippen LogP contribution in [0.3, 0.4) is 0 Å². The van der Waals surface area contributed by atoms with Crippen LogP contribution in [0, 0.1) is 0 Å². The second kappa shape index (κ2) is 6.69. The monoisotopic (exact) mass is 290 g/mol. The minimum Gasteiger partial charge on any atom is -0.288 e. The molecule has 2 aromatic rings. The topological polar surface area (TPSA) is 17.1 Å². The number of ketones is 1. The molecule has 0 amide bonds. The van der Waals surface area contributed by atoms with Crippen molar-refractivity contribution in [2.24, 2.45) is 0 Å². The Morgan fingerprint density at radius 1 is 1.32 bits per heavy atom. The van der Waals surface area contributed by atoms with Crippen LogP contribution in [0.4, 0.5) is 0 Å². The highest BCUT2D eigenvalue weighted by Crippen LogP contribution is 2.19. The second-order valence-corrected chi connectivity index (χ2v) is 5.87. The van der Waals surface area contributed by atoms with Crippen molar-refractivity contribution < 1.29 is 4.79 Å². The third kappa shape index (κ3) is 4.05. The van der Waals surface area contributed by atoms with Crippen LogP contribution in [0.25, 0.3) is 6.08 Å². The predicted octanol–water partition coefficient (Wildman–Crippen LogP) is 5.25. The zero-order chi connectivity index (χ0) is 13.7. The molecular weight excluding hydrogens is 276 g/mol. The van der Waals surface area contributed by atoms with Crippen LogP contribution in [-0.2, 0) is 6.42 Å². The molecule has 1 heterocycles. The maximum absolute atomic E-state index is 12.0. The average molecular weight is 291 g/mol. The number of aryl methyl sites for hydroxylation is 1. The first kappa shape index (κ1) is 14.0. The van der Waals surface area contributed by atoms with Crippen LogP contribution in [0.5, 0.6) is 0 Å². The Morgan fingerprint density at radius 3 is 2.89 bits per heavy atom. The third-order valence-electron chi connectivity index (χ3n) is 2.68.